The van der Waals surface area contributed by atoms with Crippen LogP contribution in [0.2, 0.25) is 0 Å². The predicted molar refractivity (Wildman–Crippen MR) is 109 cm³/mol. The van der Waals surface area contributed by atoms with E-state index in [1.807, 2.05) is 39.8 Å². The van der Waals surface area contributed by atoms with Crippen LogP contribution in [0.3, 0.4) is 0 Å². The highest BCUT2D eigenvalue weighted by Crippen LogP contribution is 2.28. The molecule has 0 aliphatic rings. The van der Waals surface area contributed by atoms with E-state index in [2.05, 4.69) is 5.10 Å². The van der Waals surface area contributed by atoms with Crippen molar-refractivity contribution in [1.82, 2.24) is 19.0 Å². The Morgan fingerprint density at radius 3 is 2.29 bits per heavy atom. The van der Waals surface area contributed by atoms with Crippen LogP contribution in [0.4, 0.5) is 4.39 Å². The van der Waals surface area contributed by atoms with Crippen molar-refractivity contribution < 1.29 is 12.8 Å². The maximum atomic E-state index is 13.6. The Morgan fingerprint density at radius 2 is 1.79 bits per heavy atom. The molecule has 1 heterocycles. The summed E-state index contributed by atoms with van der Waals surface area (Å²) >= 11 is 0. The second-order valence-corrected chi connectivity index (χ2v) is 10.2. The maximum Gasteiger partial charge on any atom is 0.247 e. The molecule has 0 saturated carbocycles. The van der Waals surface area contributed by atoms with Crippen molar-refractivity contribution in [2.24, 2.45) is 0 Å². The summed E-state index contributed by atoms with van der Waals surface area (Å²) in [5.41, 5.74) is 1.36. The molecular formula is C20H31FN4O2S. The Labute approximate surface area is 168 Å². The zero-order valence-corrected chi connectivity index (χ0v) is 18.6. The molecule has 1 aromatic heterocycles. The van der Waals surface area contributed by atoms with E-state index >= 15 is 0 Å². The van der Waals surface area contributed by atoms with Crippen molar-refractivity contribution in [2.45, 2.75) is 51.6 Å². The van der Waals surface area contributed by atoms with E-state index in [4.69, 9.17) is 0 Å². The second kappa shape index (κ2) is 8.31. The van der Waals surface area contributed by atoms with Crippen LogP contribution in [0.5, 0.6) is 0 Å². The number of rotatable bonds is 7. The molecule has 0 bridgehead atoms. The number of hydrogen-bond acceptors (Lipinski definition) is 4. The number of aromatic nitrogens is 2. The van der Waals surface area contributed by atoms with Gasteiger partial charge in [-0.05, 0) is 66.4 Å². The molecule has 0 saturated heterocycles. The quantitative estimate of drug-likeness (QED) is 0.704. The Kier molecular flexibility index (Phi) is 6.68. The predicted octanol–water partition coefficient (Wildman–Crippen LogP) is 3.15. The zero-order valence-electron chi connectivity index (χ0n) is 17.8. The molecule has 6 nitrogen and oxygen atoms in total. The van der Waals surface area contributed by atoms with E-state index in [1.165, 1.54) is 16.4 Å². The topological polar surface area (TPSA) is 58.4 Å². The van der Waals surface area contributed by atoms with Gasteiger partial charge in [0.15, 0.2) is 0 Å². The van der Waals surface area contributed by atoms with E-state index in [9.17, 15) is 12.8 Å². The second-order valence-electron chi connectivity index (χ2n) is 8.35. The van der Waals surface area contributed by atoms with Crippen LogP contribution in [0, 0.1) is 19.7 Å². The van der Waals surface area contributed by atoms with Crippen molar-refractivity contribution >= 4 is 10.0 Å². The number of sulfonamides is 1. The van der Waals surface area contributed by atoms with Crippen LogP contribution >= 0.6 is 0 Å². The lowest BCUT2D eigenvalue weighted by molar-refractivity contribution is 0.328. The first-order valence-electron chi connectivity index (χ1n) is 9.30. The number of nitrogens with zero attached hydrogens (tertiary/aromatic N) is 4. The van der Waals surface area contributed by atoms with Gasteiger partial charge in [0, 0.05) is 19.6 Å². The van der Waals surface area contributed by atoms with Gasteiger partial charge >= 0.3 is 0 Å². The lowest BCUT2D eigenvalue weighted by Crippen LogP contribution is -2.37. The molecule has 8 heteroatoms. The summed E-state index contributed by atoms with van der Waals surface area (Å²) in [5, 5.41) is 4.49. The first kappa shape index (κ1) is 22.5. The smallest absolute Gasteiger partial charge is 0.247 e. The normalized spacial score (nSPS) is 12.9. The van der Waals surface area contributed by atoms with Gasteiger partial charge in [-0.3, -0.25) is 4.68 Å². The number of likely N-dealkylation sites (N-methyl/N-ethyl adjacent to an activating group) is 1. The van der Waals surface area contributed by atoms with Gasteiger partial charge in [0.05, 0.1) is 16.9 Å². The minimum absolute atomic E-state index is 0.105. The van der Waals surface area contributed by atoms with E-state index in [-0.39, 0.29) is 22.8 Å². The molecule has 2 aromatic rings. The van der Waals surface area contributed by atoms with Crippen molar-refractivity contribution in [3.05, 3.63) is 47.0 Å². The summed E-state index contributed by atoms with van der Waals surface area (Å²) in [6.07, 6.45) is 0. The molecule has 156 valence electrons. The van der Waals surface area contributed by atoms with Gasteiger partial charge < -0.3 is 4.90 Å². The third-order valence-corrected chi connectivity index (χ3v) is 6.60. The Bertz CT molecular complexity index is 930. The van der Waals surface area contributed by atoms with Gasteiger partial charge in [0.1, 0.15) is 10.7 Å². The number of aryl methyl sites for hydroxylation is 1. The highest BCUT2D eigenvalue weighted by molar-refractivity contribution is 7.89. The molecule has 0 aliphatic heterocycles. The minimum atomic E-state index is -3.81. The maximum absolute atomic E-state index is 13.6. The van der Waals surface area contributed by atoms with Crippen molar-refractivity contribution in [1.29, 1.82) is 0 Å². The van der Waals surface area contributed by atoms with Crippen LogP contribution in [-0.2, 0) is 22.1 Å². The Morgan fingerprint density at radius 1 is 1.14 bits per heavy atom. The van der Waals surface area contributed by atoms with Gasteiger partial charge in [-0.15, -0.1) is 0 Å². The van der Waals surface area contributed by atoms with Crippen molar-refractivity contribution in [2.75, 3.05) is 27.2 Å². The molecule has 0 radical (unpaired) electrons. The number of halogens is 1. The molecule has 2 rings (SSSR count). The van der Waals surface area contributed by atoms with Crippen LogP contribution in [0.25, 0.3) is 0 Å². The molecule has 0 unspecified atom stereocenters. The van der Waals surface area contributed by atoms with E-state index in [0.717, 1.165) is 0 Å². The molecule has 0 spiro atoms. The van der Waals surface area contributed by atoms with Gasteiger partial charge in [-0.1, -0.05) is 12.1 Å². The van der Waals surface area contributed by atoms with E-state index in [0.29, 0.717) is 30.0 Å². The number of benzene rings is 1. The standard InChI is InChI=1S/C20H31FN4O2S/c1-15-19(16(2)25(22-15)20(3,4)5)28(26,27)24(12-11-23(6)7)14-17-9-8-10-18(21)13-17/h8-10,13H,11-12,14H2,1-7H3. The molecule has 0 N–H and O–H groups in total. The fraction of sp³-hybridized carbons (Fsp3) is 0.550. The summed E-state index contributed by atoms with van der Waals surface area (Å²) in [6, 6.07) is 6.05. The van der Waals surface area contributed by atoms with Crippen LogP contribution < -0.4 is 0 Å². The summed E-state index contributed by atoms with van der Waals surface area (Å²) in [4.78, 5) is 2.16. The summed E-state index contributed by atoms with van der Waals surface area (Å²) < 4.78 is 43.9. The van der Waals surface area contributed by atoms with Crippen LogP contribution in [0.1, 0.15) is 37.7 Å². The average Bonchev–Trinajstić information content (AvgIpc) is 2.86. The fourth-order valence-corrected chi connectivity index (χ4v) is 4.99. The molecule has 0 aliphatic carbocycles. The van der Waals surface area contributed by atoms with Gasteiger partial charge in [-0.2, -0.15) is 9.40 Å². The highest BCUT2D eigenvalue weighted by Gasteiger charge is 2.33. The highest BCUT2D eigenvalue weighted by atomic mass is 32.2. The lowest BCUT2D eigenvalue weighted by Gasteiger charge is -2.25. The summed E-state index contributed by atoms with van der Waals surface area (Å²) in [7, 11) is -0.0277. The van der Waals surface area contributed by atoms with Gasteiger partial charge in [0.25, 0.3) is 0 Å². The molecule has 1 aromatic carbocycles. The third-order valence-electron chi connectivity index (χ3n) is 4.50. The van der Waals surface area contributed by atoms with Crippen LogP contribution in [0.15, 0.2) is 29.2 Å². The average molecular weight is 411 g/mol. The van der Waals surface area contributed by atoms with Gasteiger partial charge in [0.2, 0.25) is 10.0 Å². The third kappa shape index (κ3) is 4.98. The molecule has 28 heavy (non-hydrogen) atoms. The molecule has 0 atom stereocenters. The van der Waals surface area contributed by atoms with Crippen molar-refractivity contribution in [3.63, 3.8) is 0 Å². The Hall–Kier alpha value is -1.77. The van der Waals surface area contributed by atoms with E-state index < -0.39 is 10.0 Å². The lowest BCUT2D eigenvalue weighted by atomic mass is 10.1. The first-order chi connectivity index (χ1) is 12.8. The Balaban J connectivity index is 2.50. The summed E-state index contributed by atoms with van der Waals surface area (Å²) in [6.45, 7) is 10.4. The zero-order chi connectivity index (χ0) is 21.3. The first-order valence-corrected chi connectivity index (χ1v) is 10.7. The van der Waals surface area contributed by atoms with Crippen LogP contribution in [-0.4, -0.2) is 54.6 Å². The number of hydrogen-bond donors (Lipinski definition) is 0. The van der Waals surface area contributed by atoms with Gasteiger partial charge in [-0.25, -0.2) is 12.8 Å². The largest absolute Gasteiger partial charge is 0.308 e. The molecule has 0 amide bonds. The fourth-order valence-electron chi connectivity index (χ4n) is 3.22. The molecule has 0 fully saturated rings. The monoisotopic (exact) mass is 410 g/mol. The molecular weight excluding hydrogens is 379 g/mol. The van der Waals surface area contributed by atoms with E-state index in [1.54, 1.807) is 30.7 Å². The minimum Gasteiger partial charge on any atom is -0.308 e. The summed E-state index contributed by atoms with van der Waals surface area (Å²) in [5.74, 6) is -0.379. The SMILES string of the molecule is Cc1nn(C(C)(C)C)c(C)c1S(=O)(=O)N(CCN(C)C)Cc1cccc(F)c1. The van der Waals surface area contributed by atoms with Crippen molar-refractivity contribution in [3.8, 4) is 0 Å².